The van der Waals surface area contributed by atoms with Crippen LogP contribution < -0.4 is 5.32 Å². The van der Waals surface area contributed by atoms with Gasteiger partial charge < -0.3 is 13.7 Å². The molecule has 2 aromatic heterocycles. The second kappa shape index (κ2) is 8.27. The molecule has 0 fully saturated rings. The number of carbonyl (C=O) groups is 1. The van der Waals surface area contributed by atoms with Crippen molar-refractivity contribution in [3.8, 4) is 0 Å². The van der Waals surface area contributed by atoms with Gasteiger partial charge in [-0.15, -0.1) is 0 Å². The molecule has 0 aliphatic rings. The average molecular weight is 429 g/mol. The molecule has 0 spiro atoms. The Morgan fingerprint density at radius 3 is 2.71 bits per heavy atom. The van der Waals surface area contributed by atoms with Gasteiger partial charge in [-0.25, -0.2) is 4.98 Å². The summed E-state index contributed by atoms with van der Waals surface area (Å²) in [5.41, 5.74) is 0.932. The summed E-state index contributed by atoms with van der Waals surface area (Å²) in [7, 11) is 1.55. The normalized spacial score (nSPS) is 11.7. The Bertz CT molecular complexity index is 1210. The van der Waals surface area contributed by atoms with E-state index in [1.54, 1.807) is 42.0 Å². The van der Waals surface area contributed by atoms with E-state index in [1.807, 2.05) is 6.07 Å². The van der Waals surface area contributed by atoms with Crippen LogP contribution >= 0.6 is 0 Å². The van der Waals surface area contributed by atoms with Crippen LogP contribution in [0.5, 0.6) is 0 Å². The number of imidazole rings is 1. The summed E-state index contributed by atoms with van der Waals surface area (Å²) >= 11 is 0. The molecule has 1 N–H and O–H groups in total. The number of methoxy groups -OCH3 is 1. The van der Waals surface area contributed by atoms with E-state index in [0.29, 0.717) is 23.4 Å². The molecule has 0 atom stereocenters. The van der Waals surface area contributed by atoms with E-state index in [4.69, 9.17) is 9.15 Å². The van der Waals surface area contributed by atoms with E-state index in [9.17, 15) is 18.0 Å². The van der Waals surface area contributed by atoms with Crippen LogP contribution in [0.2, 0.25) is 0 Å². The van der Waals surface area contributed by atoms with E-state index in [0.717, 1.165) is 17.7 Å². The lowest BCUT2D eigenvalue weighted by Gasteiger charge is -2.10. The molecule has 4 aromatic rings. The topological polar surface area (TPSA) is 69.3 Å². The van der Waals surface area contributed by atoms with E-state index in [-0.39, 0.29) is 18.0 Å². The number of nitrogens with one attached hydrogen (secondary N) is 1. The Balaban J connectivity index is 1.72. The molecule has 1 amide bonds. The van der Waals surface area contributed by atoms with Crippen molar-refractivity contribution in [3.05, 3.63) is 83.3 Å². The van der Waals surface area contributed by atoms with Crippen LogP contribution in [0.3, 0.4) is 0 Å². The molecule has 0 saturated heterocycles. The molecule has 160 valence electrons. The van der Waals surface area contributed by atoms with Crippen LogP contribution in [-0.2, 0) is 24.1 Å². The van der Waals surface area contributed by atoms with Gasteiger partial charge in [0, 0.05) is 12.7 Å². The quantitative estimate of drug-likeness (QED) is 0.463. The molecule has 31 heavy (non-hydrogen) atoms. The first-order valence-corrected chi connectivity index (χ1v) is 9.34. The van der Waals surface area contributed by atoms with E-state index < -0.39 is 17.6 Å². The number of alkyl halides is 3. The molecule has 0 aliphatic carbocycles. The molecular weight excluding hydrogens is 411 g/mol. The lowest BCUT2D eigenvalue weighted by atomic mass is 10.1. The van der Waals surface area contributed by atoms with E-state index in [1.165, 1.54) is 12.3 Å². The molecule has 0 aliphatic heterocycles. The molecule has 4 rings (SSSR count). The third kappa shape index (κ3) is 4.46. The molecule has 6 nitrogen and oxygen atoms in total. The molecule has 0 saturated carbocycles. The fraction of sp³-hybridized carbons (Fsp3) is 0.182. The average Bonchev–Trinajstić information content (AvgIpc) is 3.36. The largest absolute Gasteiger partial charge is 0.467 e. The summed E-state index contributed by atoms with van der Waals surface area (Å²) in [5, 5.41) is 2.71. The summed E-state index contributed by atoms with van der Waals surface area (Å²) in [4.78, 5) is 17.1. The van der Waals surface area contributed by atoms with Crippen molar-refractivity contribution in [2.24, 2.45) is 0 Å². The number of benzene rings is 2. The van der Waals surface area contributed by atoms with Gasteiger partial charge in [0.25, 0.3) is 5.91 Å². The van der Waals surface area contributed by atoms with Gasteiger partial charge in [-0.2, -0.15) is 13.2 Å². The van der Waals surface area contributed by atoms with Crippen molar-refractivity contribution in [1.82, 2.24) is 9.55 Å². The highest BCUT2D eigenvalue weighted by molar-refractivity contribution is 6.04. The smallest absolute Gasteiger partial charge is 0.416 e. The Labute approximate surface area is 175 Å². The van der Waals surface area contributed by atoms with Gasteiger partial charge in [-0.3, -0.25) is 10.1 Å². The van der Waals surface area contributed by atoms with Gasteiger partial charge in [0.1, 0.15) is 5.76 Å². The first kappa shape index (κ1) is 20.7. The molecule has 0 bridgehead atoms. The zero-order valence-electron chi connectivity index (χ0n) is 16.4. The number of furan rings is 1. The predicted octanol–water partition coefficient (Wildman–Crippen LogP) is 5.10. The van der Waals surface area contributed by atoms with E-state index >= 15 is 0 Å². The fourth-order valence-electron chi connectivity index (χ4n) is 3.26. The maximum Gasteiger partial charge on any atom is 0.416 e. The van der Waals surface area contributed by atoms with Gasteiger partial charge in [0.15, 0.2) is 0 Å². The minimum absolute atomic E-state index is 0.116. The van der Waals surface area contributed by atoms with Crippen LogP contribution in [0.25, 0.3) is 11.0 Å². The van der Waals surface area contributed by atoms with Crippen molar-refractivity contribution in [2.45, 2.75) is 19.3 Å². The first-order chi connectivity index (χ1) is 14.8. The molecular formula is C22H18F3N3O3. The van der Waals surface area contributed by atoms with Crippen LogP contribution in [0.4, 0.5) is 19.1 Å². The zero-order valence-corrected chi connectivity index (χ0v) is 16.4. The molecule has 2 aromatic carbocycles. The number of hydrogen-bond donors (Lipinski definition) is 1. The number of ether oxygens (including phenoxy) is 1. The fourth-order valence-corrected chi connectivity index (χ4v) is 3.26. The number of halogens is 3. The summed E-state index contributed by atoms with van der Waals surface area (Å²) < 4.78 is 51.4. The second-order valence-electron chi connectivity index (χ2n) is 6.89. The summed E-state index contributed by atoms with van der Waals surface area (Å²) in [6.07, 6.45) is -3.00. The molecule has 9 heteroatoms. The number of amides is 1. The molecule has 2 heterocycles. The SMILES string of the molecule is COCc1cccc(C(=O)Nc2nc3cc(C(F)(F)F)ccc3n2Cc2ccco2)c1. The van der Waals surface area contributed by atoms with Crippen LogP contribution in [0.1, 0.15) is 27.2 Å². The predicted molar refractivity (Wildman–Crippen MR) is 108 cm³/mol. The second-order valence-corrected chi connectivity index (χ2v) is 6.89. The molecule has 0 radical (unpaired) electrons. The van der Waals surface area contributed by atoms with Crippen LogP contribution in [-0.4, -0.2) is 22.6 Å². The lowest BCUT2D eigenvalue weighted by molar-refractivity contribution is -0.137. The van der Waals surface area contributed by atoms with Gasteiger partial charge in [-0.05, 0) is 48.0 Å². The van der Waals surface area contributed by atoms with Crippen molar-refractivity contribution >= 4 is 22.9 Å². The zero-order chi connectivity index (χ0) is 22.0. The van der Waals surface area contributed by atoms with Crippen molar-refractivity contribution in [1.29, 1.82) is 0 Å². The monoisotopic (exact) mass is 429 g/mol. The van der Waals surface area contributed by atoms with Gasteiger partial charge >= 0.3 is 6.18 Å². The maximum absolute atomic E-state index is 13.1. The third-order valence-corrected chi connectivity index (χ3v) is 4.70. The third-order valence-electron chi connectivity index (χ3n) is 4.70. The summed E-state index contributed by atoms with van der Waals surface area (Å²) in [6.45, 7) is 0.534. The Kier molecular flexibility index (Phi) is 5.51. The first-order valence-electron chi connectivity index (χ1n) is 9.34. The number of anilines is 1. The Morgan fingerprint density at radius 2 is 2.00 bits per heavy atom. The number of carbonyl (C=O) groups excluding carboxylic acids is 1. The van der Waals surface area contributed by atoms with Gasteiger partial charge in [-0.1, -0.05) is 12.1 Å². The molecule has 0 unspecified atom stereocenters. The Hall–Kier alpha value is -3.59. The standard InChI is InChI=1S/C22H18F3N3O3/c1-30-13-14-4-2-5-15(10-14)20(29)27-21-26-18-11-16(22(23,24)25)7-8-19(18)28(21)12-17-6-3-9-31-17/h2-11H,12-13H2,1H3,(H,26,27,29). The van der Waals surface area contributed by atoms with Gasteiger partial charge in [0.2, 0.25) is 5.95 Å². The van der Waals surface area contributed by atoms with Crippen molar-refractivity contribution in [3.63, 3.8) is 0 Å². The highest BCUT2D eigenvalue weighted by Gasteiger charge is 2.31. The maximum atomic E-state index is 13.1. The van der Waals surface area contributed by atoms with E-state index in [2.05, 4.69) is 10.3 Å². The van der Waals surface area contributed by atoms with Crippen molar-refractivity contribution in [2.75, 3.05) is 12.4 Å². The minimum atomic E-state index is -4.50. The highest BCUT2D eigenvalue weighted by Crippen LogP contribution is 2.32. The number of nitrogens with zero attached hydrogens (tertiary/aromatic N) is 2. The number of fused-ring (bicyclic) bond motifs is 1. The lowest BCUT2D eigenvalue weighted by Crippen LogP contribution is -2.16. The number of aromatic nitrogens is 2. The Morgan fingerprint density at radius 1 is 1.16 bits per heavy atom. The van der Waals surface area contributed by atoms with Crippen LogP contribution in [0.15, 0.2) is 65.3 Å². The minimum Gasteiger partial charge on any atom is -0.467 e. The van der Waals surface area contributed by atoms with Crippen molar-refractivity contribution < 1.29 is 27.1 Å². The van der Waals surface area contributed by atoms with Crippen LogP contribution in [0, 0.1) is 0 Å². The summed E-state index contributed by atoms with van der Waals surface area (Å²) in [5.74, 6) is 0.245. The number of hydrogen-bond acceptors (Lipinski definition) is 4. The number of rotatable bonds is 6. The van der Waals surface area contributed by atoms with Gasteiger partial charge in [0.05, 0.1) is 36.0 Å². The highest BCUT2D eigenvalue weighted by atomic mass is 19.4. The summed E-state index contributed by atoms with van der Waals surface area (Å²) in [6, 6.07) is 13.6.